The lowest BCUT2D eigenvalue weighted by Gasteiger charge is -2.31. The number of hydrogen-bond acceptors (Lipinski definition) is 7. The molecule has 0 unspecified atom stereocenters. The van der Waals surface area contributed by atoms with Gasteiger partial charge in [-0.2, -0.15) is 5.10 Å². The number of aliphatic hydroxyl groups excluding tert-OH is 1. The van der Waals surface area contributed by atoms with Gasteiger partial charge in [-0.05, 0) is 25.0 Å². The monoisotopic (exact) mass is 521 g/mol. The molecule has 0 radical (unpaired) electrons. The third-order valence-corrected chi connectivity index (χ3v) is 6.97. The van der Waals surface area contributed by atoms with Crippen molar-refractivity contribution < 1.29 is 23.1 Å². The van der Waals surface area contributed by atoms with Gasteiger partial charge in [0.2, 0.25) is 0 Å². The highest BCUT2D eigenvalue weighted by atomic mass is 19.1. The van der Waals surface area contributed by atoms with Crippen LogP contribution in [0.5, 0.6) is 0 Å². The number of H-pyrrole nitrogens is 1. The lowest BCUT2D eigenvalue weighted by molar-refractivity contribution is 0.0734. The third kappa shape index (κ3) is 4.58. The second-order valence-corrected chi connectivity index (χ2v) is 9.39. The molecule has 7 rings (SSSR count). The minimum atomic E-state index is -0.725. The number of piperidine rings is 1. The van der Waals surface area contributed by atoms with Crippen LogP contribution in [0.15, 0.2) is 53.8 Å². The first-order valence-electron chi connectivity index (χ1n) is 12.4. The summed E-state index contributed by atoms with van der Waals surface area (Å²) in [6, 6.07) is 5.87. The summed E-state index contributed by atoms with van der Waals surface area (Å²) in [4.78, 5) is 28.1. The Balaban J connectivity index is 0.000000200. The number of aromatic nitrogens is 5. The molecule has 2 aliphatic rings. The Kier molecular flexibility index (Phi) is 6.24. The molecule has 0 spiro atoms. The number of benzene rings is 1. The molecule has 0 bridgehead atoms. The minimum absolute atomic E-state index is 0.000838. The van der Waals surface area contributed by atoms with Crippen molar-refractivity contribution >= 4 is 28.2 Å². The van der Waals surface area contributed by atoms with Gasteiger partial charge in [0.25, 0.3) is 5.91 Å². The molecule has 1 aromatic carbocycles. The Bertz CT molecular complexity index is 1600. The highest BCUT2D eigenvalue weighted by Crippen LogP contribution is 2.24. The van der Waals surface area contributed by atoms with Gasteiger partial charge in [0.1, 0.15) is 11.3 Å². The molecule has 1 amide bonds. The molecule has 196 valence electrons. The Morgan fingerprint density at radius 3 is 2.82 bits per heavy atom. The van der Waals surface area contributed by atoms with E-state index in [4.69, 9.17) is 0 Å². The van der Waals surface area contributed by atoms with Gasteiger partial charge >= 0.3 is 0 Å². The number of nitrogens with one attached hydrogen (secondary N) is 1. The van der Waals surface area contributed by atoms with Gasteiger partial charge in [0, 0.05) is 38.2 Å². The highest BCUT2D eigenvalue weighted by Gasteiger charge is 2.26. The Labute approximate surface area is 215 Å². The summed E-state index contributed by atoms with van der Waals surface area (Å²) in [6.45, 7) is 2.89. The summed E-state index contributed by atoms with van der Waals surface area (Å²) < 4.78 is 31.6. The molecule has 12 heteroatoms. The van der Waals surface area contributed by atoms with E-state index in [1.165, 1.54) is 0 Å². The van der Waals surface area contributed by atoms with Crippen molar-refractivity contribution in [1.82, 2.24) is 29.5 Å². The molecule has 2 N–H and O–H groups in total. The maximum Gasteiger partial charge on any atom is 0.258 e. The fourth-order valence-corrected chi connectivity index (χ4v) is 4.90. The first-order valence-corrected chi connectivity index (χ1v) is 12.4. The third-order valence-electron chi connectivity index (χ3n) is 6.97. The van der Waals surface area contributed by atoms with Crippen molar-refractivity contribution in [2.75, 3.05) is 24.5 Å². The molecule has 10 nitrogen and oxygen atoms in total. The van der Waals surface area contributed by atoms with E-state index < -0.39 is 11.6 Å². The molecular formula is C26H25F2N7O3. The van der Waals surface area contributed by atoms with Crippen molar-refractivity contribution in [3.63, 3.8) is 0 Å². The number of hydrogen-bond donors (Lipinski definition) is 2. The molecule has 0 saturated carbocycles. The fourth-order valence-electron chi connectivity index (χ4n) is 4.90. The number of aliphatic hydroxyl groups is 1. The van der Waals surface area contributed by atoms with Crippen LogP contribution in [0, 0.1) is 11.6 Å². The molecule has 2 aliphatic heterocycles. The van der Waals surface area contributed by atoms with Crippen LogP contribution < -0.4 is 4.90 Å². The predicted octanol–water partition coefficient (Wildman–Crippen LogP) is 3.32. The summed E-state index contributed by atoms with van der Waals surface area (Å²) in [7, 11) is 0. The number of aromatic amines is 1. The average Bonchev–Trinajstić information content (AvgIpc) is 3.67. The van der Waals surface area contributed by atoms with Crippen LogP contribution in [0.2, 0.25) is 0 Å². The molecule has 6 heterocycles. The smallest absolute Gasteiger partial charge is 0.258 e. The zero-order valence-electron chi connectivity index (χ0n) is 20.3. The maximum atomic E-state index is 13.0. The number of nitrogens with zero attached hydrogens (tertiary/aromatic N) is 6. The van der Waals surface area contributed by atoms with E-state index in [2.05, 4.69) is 29.4 Å². The number of carbonyl (C=O) groups excluding carboxylic acids is 1. The Morgan fingerprint density at radius 1 is 1.13 bits per heavy atom. The van der Waals surface area contributed by atoms with Gasteiger partial charge in [0.05, 0.1) is 59.5 Å². The van der Waals surface area contributed by atoms with Gasteiger partial charge < -0.3 is 24.3 Å². The second kappa shape index (κ2) is 9.86. The van der Waals surface area contributed by atoms with E-state index in [1.807, 2.05) is 23.2 Å². The number of pyridine rings is 1. The average molecular weight is 522 g/mol. The van der Waals surface area contributed by atoms with E-state index in [0.717, 1.165) is 73.5 Å². The van der Waals surface area contributed by atoms with Crippen molar-refractivity contribution in [2.24, 2.45) is 0 Å². The molecule has 5 aromatic rings. The van der Waals surface area contributed by atoms with Crippen molar-refractivity contribution in [2.45, 2.75) is 31.9 Å². The van der Waals surface area contributed by atoms with Crippen LogP contribution in [0.1, 0.15) is 34.6 Å². The van der Waals surface area contributed by atoms with Crippen LogP contribution in [-0.4, -0.2) is 66.2 Å². The lowest BCUT2D eigenvalue weighted by atomic mass is 10.1. The summed E-state index contributed by atoms with van der Waals surface area (Å²) in [5.74, 6) is -1.37. The van der Waals surface area contributed by atoms with Crippen molar-refractivity contribution in [3.05, 3.63) is 78.0 Å². The summed E-state index contributed by atoms with van der Waals surface area (Å²) in [6.07, 6.45) is 8.53. The SMILES string of the molecule is Fc1cc(F)c2ocnc2c1.O=C(c1cnn2cc(N3CCC(O)CC3)ccc12)N1CCc2nc[nH]c2C1. The number of carbonyl (C=O) groups is 1. The van der Waals surface area contributed by atoms with Gasteiger partial charge in [-0.25, -0.2) is 23.3 Å². The molecule has 0 aliphatic carbocycles. The first kappa shape index (κ1) is 24.0. The number of amides is 1. The van der Waals surface area contributed by atoms with E-state index in [1.54, 1.807) is 17.0 Å². The summed E-state index contributed by atoms with van der Waals surface area (Å²) in [5.41, 5.74) is 4.76. The quantitative estimate of drug-likeness (QED) is 0.366. The maximum absolute atomic E-state index is 13.0. The zero-order chi connectivity index (χ0) is 26.2. The molecule has 0 atom stereocenters. The van der Waals surface area contributed by atoms with E-state index >= 15 is 0 Å². The van der Waals surface area contributed by atoms with Gasteiger partial charge in [-0.3, -0.25) is 4.79 Å². The summed E-state index contributed by atoms with van der Waals surface area (Å²) in [5, 5.41) is 14.1. The molecular weight excluding hydrogens is 496 g/mol. The van der Waals surface area contributed by atoms with Crippen LogP contribution in [0.4, 0.5) is 14.5 Å². The molecule has 38 heavy (non-hydrogen) atoms. The number of halogens is 2. The fraction of sp³-hybridized carbons (Fsp3) is 0.308. The lowest BCUT2D eigenvalue weighted by Crippen LogP contribution is -2.36. The largest absolute Gasteiger partial charge is 0.440 e. The Morgan fingerprint density at radius 2 is 1.97 bits per heavy atom. The van der Waals surface area contributed by atoms with E-state index in [0.29, 0.717) is 18.7 Å². The highest BCUT2D eigenvalue weighted by molar-refractivity contribution is 6.00. The van der Waals surface area contributed by atoms with Crippen LogP contribution in [-0.2, 0) is 13.0 Å². The number of anilines is 1. The molecule has 1 saturated heterocycles. The number of oxazole rings is 1. The van der Waals surface area contributed by atoms with Crippen LogP contribution in [0.25, 0.3) is 16.6 Å². The standard InChI is InChI=1S/C19H22N6O2.C7H3F2NO/c26-14-3-6-23(7-4-14)13-1-2-18-15(9-22-25(18)10-13)19(27)24-8-5-16-17(11-24)21-12-20-16;8-4-1-5(9)7-6(2-4)10-3-11-7/h1-2,9-10,12,14,26H,3-8,11H2,(H,20,21);1-3H. The topological polar surface area (TPSA) is 116 Å². The van der Waals surface area contributed by atoms with Gasteiger partial charge in [0.15, 0.2) is 17.8 Å². The second-order valence-electron chi connectivity index (χ2n) is 9.39. The van der Waals surface area contributed by atoms with E-state index in [-0.39, 0.29) is 23.1 Å². The van der Waals surface area contributed by atoms with Gasteiger partial charge in [-0.15, -0.1) is 0 Å². The normalized spacial score (nSPS) is 16.0. The predicted molar refractivity (Wildman–Crippen MR) is 134 cm³/mol. The minimum Gasteiger partial charge on any atom is -0.440 e. The number of imidazole rings is 1. The number of rotatable bonds is 2. The number of fused-ring (bicyclic) bond motifs is 3. The van der Waals surface area contributed by atoms with Crippen molar-refractivity contribution in [1.29, 1.82) is 0 Å². The Hall–Kier alpha value is -4.32. The van der Waals surface area contributed by atoms with Crippen LogP contribution >= 0.6 is 0 Å². The van der Waals surface area contributed by atoms with Gasteiger partial charge in [-0.1, -0.05) is 0 Å². The van der Waals surface area contributed by atoms with Crippen molar-refractivity contribution in [3.8, 4) is 0 Å². The molecule has 4 aromatic heterocycles. The first-order chi connectivity index (χ1) is 18.5. The van der Waals surface area contributed by atoms with Crippen LogP contribution in [0.3, 0.4) is 0 Å². The van der Waals surface area contributed by atoms with E-state index in [9.17, 15) is 18.7 Å². The molecule has 1 fully saturated rings. The zero-order valence-corrected chi connectivity index (χ0v) is 20.3. The summed E-state index contributed by atoms with van der Waals surface area (Å²) >= 11 is 0.